The monoisotopic (exact) mass is 345 g/mol. The molecule has 0 saturated carbocycles. The molecule has 2 heterocycles. The summed E-state index contributed by atoms with van der Waals surface area (Å²) in [7, 11) is 0. The lowest BCUT2D eigenvalue weighted by Gasteiger charge is -2.15. The maximum absolute atomic E-state index is 12.8. The van der Waals surface area contributed by atoms with Gasteiger partial charge in [0.2, 0.25) is 5.91 Å². The first-order valence-corrected chi connectivity index (χ1v) is 8.43. The molecule has 6 nitrogen and oxygen atoms in total. The Hall–Kier alpha value is -3.38. The molecule has 0 fully saturated rings. The van der Waals surface area contributed by atoms with Crippen LogP contribution >= 0.6 is 0 Å². The molecule has 6 heteroatoms. The van der Waals surface area contributed by atoms with Crippen molar-refractivity contribution in [1.82, 2.24) is 15.2 Å². The molecule has 4 rings (SSSR count). The zero-order valence-electron chi connectivity index (χ0n) is 14.1. The highest BCUT2D eigenvalue weighted by Gasteiger charge is 2.20. The van der Waals surface area contributed by atoms with Gasteiger partial charge in [0.05, 0.1) is 23.3 Å². The summed E-state index contributed by atoms with van der Waals surface area (Å²) in [5.74, 6) is -0.513. The molecule has 0 aliphatic carbocycles. The van der Waals surface area contributed by atoms with Crippen LogP contribution in [0.5, 0.6) is 0 Å². The van der Waals surface area contributed by atoms with Crippen molar-refractivity contribution >= 4 is 22.5 Å². The van der Waals surface area contributed by atoms with Crippen LogP contribution in [0.15, 0.2) is 67.1 Å². The van der Waals surface area contributed by atoms with Crippen molar-refractivity contribution < 1.29 is 4.79 Å². The number of hydrogen-bond donors (Lipinski definition) is 4. The van der Waals surface area contributed by atoms with Gasteiger partial charge in [-0.2, -0.15) is 5.10 Å². The zero-order chi connectivity index (χ0) is 17.9. The van der Waals surface area contributed by atoms with Crippen LogP contribution < -0.4 is 11.1 Å². The summed E-state index contributed by atoms with van der Waals surface area (Å²) in [5, 5.41) is 10.9. The van der Waals surface area contributed by atoms with E-state index in [0.29, 0.717) is 0 Å². The Morgan fingerprint density at radius 1 is 1.12 bits per heavy atom. The van der Waals surface area contributed by atoms with E-state index < -0.39 is 5.92 Å². The Morgan fingerprint density at radius 3 is 2.69 bits per heavy atom. The molecular weight excluding hydrogens is 326 g/mol. The predicted octanol–water partition coefficient (Wildman–Crippen LogP) is 3.24. The van der Waals surface area contributed by atoms with Crippen LogP contribution in [-0.4, -0.2) is 27.6 Å². The third-order valence-electron chi connectivity index (χ3n) is 4.54. The Labute approximate surface area is 150 Å². The number of aromatic nitrogens is 3. The standard InChI is InChI=1S/C20H19N5O/c21-9-16(13-5-2-1-3-6-13)20(26)25-18-8-4-7-15-17(12-22-19(15)18)14-10-23-24-11-14/h1-8,10-12,16,22H,9,21H2,(H,23,24)(H,25,26)/t16-/m1/s1. The van der Waals surface area contributed by atoms with Gasteiger partial charge in [0.1, 0.15) is 0 Å². The minimum absolute atomic E-state index is 0.120. The summed E-state index contributed by atoms with van der Waals surface area (Å²) in [4.78, 5) is 16.1. The molecule has 0 aliphatic heterocycles. The summed E-state index contributed by atoms with van der Waals surface area (Å²) in [6.45, 7) is 0.247. The molecule has 130 valence electrons. The largest absolute Gasteiger partial charge is 0.359 e. The van der Waals surface area contributed by atoms with Crippen LogP contribution in [0.4, 0.5) is 5.69 Å². The summed E-state index contributed by atoms with van der Waals surface area (Å²) in [5.41, 5.74) is 10.4. The number of para-hydroxylation sites is 1. The van der Waals surface area contributed by atoms with Gasteiger partial charge in [-0.25, -0.2) is 0 Å². The molecule has 0 unspecified atom stereocenters. The second kappa shape index (κ2) is 6.85. The highest BCUT2D eigenvalue weighted by Crippen LogP contribution is 2.32. The van der Waals surface area contributed by atoms with Crippen LogP contribution in [0.1, 0.15) is 11.5 Å². The summed E-state index contributed by atoms with van der Waals surface area (Å²) in [6.07, 6.45) is 5.53. The molecule has 0 bridgehead atoms. The Bertz CT molecular complexity index is 1020. The molecule has 1 atom stereocenters. The maximum Gasteiger partial charge on any atom is 0.233 e. The van der Waals surface area contributed by atoms with E-state index in [2.05, 4.69) is 20.5 Å². The molecule has 0 radical (unpaired) electrons. The molecule has 0 saturated heterocycles. The third kappa shape index (κ3) is 2.87. The van der Waals surface area contributed by atoms with E-state index in [1.54, 1.807) is 6.20 Å². The van der Waals surface area contributed by atoms with Gasteiger partial charge in [-0.3, -0.25) is 9.89 Å². The van der Waals surface area contributed by atoms with Crippen molar-refractivity contribution in [1.29, 1.82) is 0 Å². The Kier molecular flexibility index (Phi) is 4.25. The molecule has 5 N–H and O–H groups in total. The van der Waals surface area contributed by atoms with Crippen molar-refractivity contribution in [3.63, 3.8) is 0 Å². The molecule has 0 aliphatic rings. The van der Waals surface area contributed by atoms with E-state index in [9.17, 15) is 4.79 Å². The molecule has 4 aromatic rings. The predicted molar refractivity (Wildman–Crippen MR) is 103 cm³/mol. The minimum Gasteiger partial charge on any atom is -0.359 e. The number of nitrogens with zero attached hydrogens (tertiary/aromatic N) is 1. The SMILES string of the molecule is NC[C@@H](C(=O)Nc1cccc2c(-c3cn[nH]c3)c[nH]c12)c1ccccc1. The normalized spacial score (nSPS) is 12.2. The number of benzene rings is 2. The number of H-pyrrole nitrogens is 2. The molecule has 2 aromatic carbocycles. The number of carbonyl (C=O) groups excluding carboxylic acids is 1. The van der Waals surface area contributed by atoms with Crippen molar-refractivity contribution in [3.05, 3.63) is 72.7 Å². The van der Waals surface area contributed by atoms with Gasteiger partial charge in [0.15, 0.2) is 0 Å². The van der Waals surface area contributed by atoms with Crippen molar-refractivity contribution in [3.8, 4) is 11.1 Å². The summed E-state index contributed by atoms with van der Waals surface area (Å²) < 4.78 is 0. The topological polar surface area (TPSA) is 99.6 Å². The molecular formula is C20H19N5O. The number of nitrogens with one attached hydrogen (secondary N) is 3. The number of aromatic amines is 2. The molecule has 1 amide bonds. The lowest BCUT2D eigenvalue weighted by atomic mass is 9.98. The minimum atomic E-state index is -0.394. The van der Waals surface area contributed by atoms with Crippen LogP contribution in [0.3, 0.4) is 0 Å². The van der Waals surface area contributed by atoms with E-state index in [-0.39, 0.29) is 12.5 Å². The molecule has 2 aromatic heterocycles. The number of hydrogen-bond acceptors (Lipinski definition) is 3. The average Bonchev–Trinajstić information content (AvgIpc) is 3.33. The Morgan fingerprint density at radius 2 is 1.96 bits per heavy atom. The lowest BCUT2D eigenvalue weighted by molar-refractivity contribution is -0.117. The number of amides is 1. The smallest absolute Gasteiger partial charge is 0.233 e. The number of anilines is 1. The quantitative estimate of drug-likeness (QED) is 0.447. The summed E-state index contributed by atoms with van der Waals surface area (Å²) >= 11 is 0. The highest BCUT2D eigenvalue weighted by molar-refractivity contribution is 6.07. The van der Waals surface area contributed by atoms with Crippen LogP contribution in [0.2, 0.25) is 0 Å². The van der Waals surface area contributed by atoms with E-state index >= 15 is 0 Å². The van der Waals surface area contributed by atoms with Gasteiger partial charge in [0.25, 0.3) is 0 Å². The lowest BCUT2D eigenvalue weighted by Crippen LogP contribution is -2.27. The second-order valence-electron chi connectivity index (χ2n) is 6.11. The summed E-state index contributed by atoms with van der Waals surface area (Å²) in [6, 6.07) is 15.4. The van der Waals surface area contributed by atoms with E-state index in [4.69, 9.17) is 5.73 Å². The first-order chi connectivity index (χ1) is 12.8. The maximum atomic E-state index is 12.8. The molecule has 26 heavy (non-hydrogen) atoms. The van der Waals surface area contributed by atoms with Crippen LogP contribution in [-0.2, 0) is 4.79 Å². The fraction of sp³-hybridized carbons (Fsp3) is 0.100. The average molecular weight is 345 g/mol. The molecule has 0 spiro atoms. The van der Waals surface area contributed by atoms with Crippen LogP contribution in [0.25, 0.3) is 22.0 Å². The van der Waals surface area contributed by atoms with E-state index in [1.807, 2.05) is 60.9 Å². The zero-order valence-corrected chi connectivity index (χ0v) is 14.1. The first-order valence-electron chi connectivity index (χ1n) is 8.43. The fourth-order valence-electron chi connectivity index (χ4n) is 3.20. The van der Waals surface area contributed by atoms with Gasteiger partial charge >= 0.3 is 0 Å². The number of nitrogens with two attached hydrogens (primary N) is 1. The van der Waals surface area contributed by atoms with Gasteiger partial charge in [0, 0.05) is 35.5 Å². The fourth-order valence-corrected chi connectivity index (χ4v) is 3.20. The van der Waals surface area contributed by atoms with Gasteiger partial charge in [-0.15, -0.1) is 0 Å². The second-order valence-corrected chi connectivity index (χ2v) is 6.11. The van der Waals surface area contributed by atoms with Gasteiger partial charge in [-0.05, 0) is 11.6 Å². The highest BCUT2D eigenvalue weighted by atomic mass is 16.1. The van der Waals surface area contributed by atoms with Crippen molar-refractivity contribution in [2.75, 3.05) is 11.9 Å². The Balaban J connectivity index is 1.66. The van der Waals surface area contributed by atoms with Crippen molar-refractivity contribution in [2.24, 2.45) is 5.73 Å². The van der Waals surface area contributed by atoms with Gasteiger partial charge < -0.3 is 16.0 Å². The van der Waals surface area contributed by atoms with Gasteiger partial charge in [-0.1, -0.05) is 42.5 Å². The first kappa shape index (κ1) is 16.1. The van der Waals surface area contributed by atoms with E-state index in [1.165, 1.54) is 0 Å². The number of carbonyl (C=O) groups is 1. The van der Waals surface area contributed by atoms with E-state index in [0.717, 1.165) is 33.3 Å². The number of fused-ring (bicyclic) bond motifs is 1. The third-order valence-corrected chi connectivity index (χ3v) is 4.54. The van der Waals surface area contributed by atoms with Crippen LogP contribution in [0, 0.1) is 0 Å². The number of rotatable bonds is 5. The van der Waals surface area contributed by atoms with Crippen molar-refractivity contribution in [2.45, 2.75) is 5.92 Å².